The molecular weight excluding hydrogens is 368 g/mol. The second-order valence-electron chi connectivity index (χ2n) is 6.78. The van der Waals surface area contributed by atoms with Gasteiger partial charge < -0.3 is 15.0 Å². The molecule has 0 aliphatic carbocycles. The van der Waals surface area contributed by atoms with Gasteiger partial charge in [0.15, 0.2) is 17.7 Å². The number of carbonyl (C=O) groups excluding carboxylic acids is 2. The van der Waals surface area contributed by atoms with E-state index in [0.717, 1.165) is 12.8 Å². The topological polar surface area (TPSA) is 84.4 Å². The van der Waals surface area contributed by atoms with Crippen LogP contribution in [0.15, 0.2) is 30.7 Å². The Labute approximate surface area is 161 Å². The Kier molecular flexibility index (Phi) is 4.70. The Morgan fingerprint density at radius 1 is 1.33 bits per heavy atom. The number of nitrogens with one attached hydrogen (secondary N) is 1. The molecule has 1 fully saturated rings. The maximum Gasteiger partial charge on any atom is 0.265 e. The Hall–Kier alpha value is -2.67. The van der Waals surface area contributed by atoms with Gasteiger partial charge in [0.05, 0.1) is 11.9 Å². The van der Waals surface area contributed by atoms with Gasteiger partial charge in [0.2, 0.25) is 0 Å². The molecule has 1 aromatic carbocycles. The van der Waals surface area contributed by atoms with E-state index in [1.807, 2.05) is 0 Å². The van der Waals surface area contributed by atoms with Crippen LogP contribution in [0.5, 0.6) is 5.75 Å². The maximum atomic E-state index is 12.9. The first kappa shape index (κ1) is 17.7. The van der Waals surface area contributed by atoms with Crippen molar-refractivity contribution in [1.82, 2.24) is 9.97 Å². The summed E-state index contributed by atoms with van der Waals surface area (Å²) in [6.45, 7) is 3.10. The van der Waals surface area contributed by atoms with Gasteiger partial charge in [0.25, 0.3) is 5.91 Å². The van der Waals surface area contributed by atoms with Gasteiger partial charge in [0, 0.05) is 24.6 Å². The lowest BCUT2D eigenvalue weighted by atomic mass is 9.88. The van der Waals surface area contributed by atoms with Crippen molar-refractivity contribution in [1.29, 1.82) is 0 Å². The van der Waals surface area contributed by atoms with E-state index in [-0.39, 0.29) is 17.6 Å². The first-order valence-electron chi connectivity index (χ1n) is 8.89. The molecule has 2 aromatic rings. The molecule has 1 unspecified atom stereocenters. The average Bonchev–Trinajstić information content (AvgIpc) is 2.68. The number of benzene rings is 1. The van der Waals surface area contributed by atoms with Crippen LogP contribution in [-0.2, 0) is 4.79 Å². The highest BCUT2D eigenvalue weighted by Crippen LogP contribution is 2.33. The zero-order valence-electron chi connectivity index (χ0n) is 14.8. The SMILES string of the molecule is CC1Oc2ccc(C(=O)C3CCN(c4ncncc4Cl)CC3)cc2NC1=O. The molecule has 140 valence electrons. The van der Waals surface area contributed by atoms with Crippen LogP contribution in [-0.4, -0.2) is 40.9 Å². The number of rotatable bonds is 3. The molecule has 7 nitrogen and oxygen atoms in total. The monoisotopic (exact) mass is 386 g/mol. The number of carbonyl (C=O) groups is 2. The summed E-state index contributed by atoms with van der Waals surface area (Å²) in [6.07, 6.45) is 3.96. The van der Waals surface area contributed by atoms with Gasteiger partial charge in [-0.25, -0.2) is 9.97 Å². The lowest BCUT2D eigenvalue weighted by molar-refractivity contribution is -0.122. The molecule has 0 radical (unpaired) electrons. The summed E-state index contributed by atoms with van der Waals surface area (Å²) < 4.78 is 5.54. The highest BCUT2D eigenvalue weighted by atomic mass is 35.5. The number of aromatic nitrogens is 2. The normalized spacial score (nSPS) is 19.9. The minimum atomic E-state index is -0.531. The molecule has 1 aromatic heterocycles. The molecule has 0 spiro atoms. The number of amides is 1. The Bertz CT molecular complexity index is 896. The molecule has 1 saturated heterocycles. The second kappa shape index (κ2) is 7.15. The molecule has 0 saturated carbocycles. The van der Waals surface area contributed by atoms with Crippen molar-refractivity contribution in [3.63, 3.8) is 0 Å². The van der Waals surface area contributed by atoms with Crippen LogP contribution >= 0.6 is 11.6 Å². The van der Waals surface area contributed by atoms with E-state index in [2.05, 4.69) is 20.2 Å². The average molecular weight is 387 g/mol. The van der Waals surface area contributed by atoms with E-state index in [4.69, 9.17) is 16.3 Å². The van der Waals surface area contributed by atoms with Crippen LogP contribution in [0, 0.1) is 5.92 Å². The van der Waals surface area contributed by atoms with Crippen LogP contribution in [0.4, 0.5) is 11.5 Å². The number of halogens is 1. The fourth-order valence-corrected chi connectivity index (χ4v) is 3.71. The Morgan fingerprint density at radius 2 is 2.11 bits per heavy atom. The number of ketones is 1. The number of nitrogens with zero attached hydrogens (tertiary/aromatic N) is 3. The molecule has 2 aliphatic heterocycles. The summed E-state index contributed by atoms with van der Waals surface area (Å²) in [5, 5.41) is 3.31. The molecular formula is C19H19ClN4O3. The van der Waals surface area contributed by atoms with Crippen LogP contribution in [0.3, 0.4) is 0 Å². The third-order valence-corrected chi connectivity index (χ3v) is 5.28. The van der Waals surface area contributed by atoms with Crippen molar-refractivity contribution >= 4 is 34.8 Å². The van der Waals surface area contributed by atoms with E-state index in [9.17, 15) is 9.59 Å². The van der Waals surface area contributed by atoms with Crippen molar-refractivity contribution in [2.45, 2.75) is 25.9 Å². The Morgan fingerprint density at radius 3 is 2.85 bits per heavy atom. The first-order chi connectivity index (χ1) is 13.0. The third kappa shape index (κ3) is 3.47. The fraction of sp³-hybridized carbons (Fsp3) is 0.368. The largest absolute Gasteiger partial charge is 0.479 e. The van der Waals surface area contributed by atoms with Gasteiger partial charge in [-0.2, -0.15) is 0 Å². The number of Topliss-reactive ketones (excluding diaryl/α,β-unsaturated/α-hetero) is 1. The maximum absolute atomic E-state index is 12.9. The van der Waals surface area contributed by atoms with E-state index in [1.165, 1.54) is 6.33 Å². The molecule has 0 bridgehead atoms. The van der Waals surface area contributed by atoms with Gasteiger partial charge in [0.1, 0.15) is 17.1 Å². The standard InChI is InChI=1S/C19H19ClN4O3/c1-11-19(26)23-15-8-13(2-3-16(15)27-11)17(25)12-4-6-24(7-5-12)18-14(20)9-21-10-22-18/h2-3,8-12H,4-7H2,1H3,(H,23,26). The number of piperidine rings is 1. The van der Waals surface area contributed by atoms with Crippen LogP contribution < -0.4 is 15.0 Å². The quantitative estimate of drug-likeness (QED) is 0.816. The van der Waals surface area contributed by atoms with Gasteiger partial charge in [-0.05, 0) is 38.0 Å². The van der Waals surface area contributed by atoms with Gasteiger partial charge in [-0.3, -0.25) is 9.59 Å². The smallest absolute Gasteiger partial charge is 0.265 e. The van der Waals surface area contributed by atoms with Crippen molar-refractivity contribution in [2.75, 3.05) is 23.3 Å². The predicted molar refractivity (Wildman–Crippen MR) is 101 cm³/mol. The van der Waals surface area contributed by atoms with Crippen LogP contribution in [0.25, 0.3) is 0 Å². The van der Waals surface area contributed by atoms with Crippen molar-refractivity contribution in [3.8, 4) is 5.75 Å². The van der Waals surface area contributed by atoms with Crippen LogP contribution in [0.1, 0.15) is 30.1 Å². The third-order valence-electron chi connectivity index (χ3n) is 5.01. The lowest BCUT2D eigenvalue weighted by Gasteiger charge is -2.32. The molecule has 3 heterocycles. The molecule has 1 N–H and O–H groups in total. The summed E-state index contributed by atoms with van der Waals surface area (Å²) in [6, 6.07) is 5.21. The summed E-state index contributed by atoms with van der Waals surface area (Å²) in [5.74, 6) is 1.10. The number of anilines is 2. The van der Waals surface area contributed by atoms with Gasteiger partial charge in [-0.1, -0.05) is 11.6 Å². The highest BCUT2D eigenvalue weighted by Gasteiger charge is 2.29. The van der Waals surface area contributed by atoms with E-state index in [1.54, 1.807) is 31.3 Å². The zero-order valence-corrected chi connectivity index (χ0v) is 15.6. The molecule has 8 heteroatoms. The molecule has 2 aliphatic rings. The lowest BCUT2D eigenvalue weighted by Crippen LogP contribution is -2.37. The summed E-state index contributed by atoms with van der Waals surface area (Å²) in [4.78, 5) is 34.9. The summed E-state index contributed by atoms with van der Waals surface area (Å²) in [7, 11) is 0. The molecule has 1 amide bonds. The highest BCUT2D eigenvalue weighted by molar-refractivity contribution is 6.32. The van der Waals surface area contributed by atoms with E-state index < -0.39 is 6.10 Å². The van der Waals surface area contributed by atoms with Crippen molar-refractivity contribution in [2.24, 2.45) is 5.92 Å². The molecule has 4 rings (SSSR count). The second-order valence-corrected chi connectivity index (χ2v) is 7.19. The molecule has 1 atom stereocenters. The predicted octanol–water partition coefficient (Wildman–Crippen LogP) is 2.95. The summed E-state index contributed by atoms with van der Waals surface area (Å²) >= 11 is 6.16. The number of hydrogen-bond acceptors (Lipinski definition) is 6. The minimum Gasteiger partial charge on any atom is -0.479 e. The zero-order chi connectivity index (χ0) is 19.0. The van der Waals surface area contributed by atoms with Gasteiger partial charge >= 0.3 is 0 Å². The number of hydrogen-bond donors (Lipinski definition) is 1. The number of ether oxygens (including phenoxy) is 1. The minimum absolute atomic E-state index is 0.0703. The van der Waals surface area contributed by atoms with E-state index in [0.29, 0.717) is 40.9 Å². The van der Waals surface area contributed by atoms with Crippen molar-refractivity contribution in [3.05, 3.63) is 41.3 Å². The molecule has 27 heavy (non-hydrogen) atoms. The van der Waals surface area contributed by atoms with Crippen molar-refractivity contribution < 1.29 is 14.3 Å². The van der Waals surface area contributed by atoms with Gasteiger partial charge in [-0.15, -0.1) is 0 Å². The fourth-order valence-electron chi connectivity index (χ4n) is 3.49. The first-order valence-corrected chi connectivity index (χ1v) is 9.27. The summed E-state index contributed by atoms with van der Waals surface area (Å²) in [5.41, 5.74) is 1.14. The van der Waals surface area contributed by atoms with E-state index >= 15 is 0 Å². The van der Waals surface area contributed by atoms with Crippen LogP contribution in [0.2, 0.25) is 5.02 Å². The number of fused-ring (bicyclic) bond motifs is 1. The Balaban J connectivity index is 1.45.